The number of nitrogens with one attached hydrogen (secondary N) is 1. The minimum Gasteiger partial charge on any atom is -0.353 e. The first-order valence-corrected chi connectivity index (χ1v) is 7.02. The van der Waals surface area contributed by atoms with E-state index < -0.39 is 21.6 Å². The third kappa shape index (κ3) is 6.23. The first-order chi connectivity index (χ1) is 7.17. The number of carbonyl (C=O) groups is 1. The van der Waals surface area contributed by atoms with Crippen LogP contribution in [0.3, 0.4) is 0 Å². The van der Waals surface area contributed by atoms with Crippen molar-refractivity contribution in [2.45, 2.75) is 57.9 Å². The van der Waals surface area contributed by atoms with E-state index in [4.69, 9.17) is 5.73 Å². The predicted molar refractivity (Wildman–Crippen MR) is 68.6 cm³/mol. The van der Waals surface area contributed by atoms with Gasteiger partial charge in [-0.05, 0) is 34.1 Å². The van der Waals surface area contributed by atoms with E-state index in [2.05, 4.69) is 5.32 Å². The van der Waals surface area contributed by atoms with Crippen LogP contribution < -0.4 is 11.1 Å². The second-order valence-corrected chi connectivity index (χ2v) is 6.73. The Balaban J connectivity index is 4.28. The molecule has 0 aliphatic carbocycles. The topological polar surface area (TPSA) is 72.2 Å². The Morgan fingerprint density at radius 2 is 1.94 bits per heavy atom. The number of hydrogen-bond donors (Lipinski definition) is 2. The Kier molecular flexibility index (Phi) is 6.18. The molecule has 0 aromatic rings. The first-order valence-electron chi connectivity index (χ1n) is 5.63. The van der Waals surface area contributed by atoms with E-state index in [1.54, 1.807) is 6.92 Å². The van der Waals surface area contributed by atoms with Gasteiger partial charge in [-0.3, -0.25) is 9.00 Å². The van der Waals surface area contributed by atoms with Crippen molar-refractivity contribution in [1.29, 1.82) is 0 Å². The average molecular weight is 248 g/mol. The van der Waals surface area contributed by atoms with Gasteiger partial charge in [-0.25, -0.2) is 0 Å². The molecule has 0 aliphatic rings. The molecular weight excluding hydrogens is 224 g/mol. The van der Waals surface area contributed by atoms with Gasteiger partial charge in [0.2, 0.25) is 5.91 Å². The zero-order chi connectivity index (χ0) is 12.9. The molecule has 5 heteroatoms. The summed E-state index contributed by atoms with van der Waals surface area (Å²) in [6, 6.07) is 0.123. The van der Waals surface area contributed by atoms with Crippen molar-refractivity contribution in [3.8, 4) is 0 Å². The van der Waals surface area contributed by atoms with Crippen molar-refractivity contribution < 1.29 is 9.00 Å². The van der Waals surface area contributed by atoms with Crippen molar-refractivity contribution in [3.63, 3.8) is 0 Å². The first kappa shape index (κ1) is 15.6. The van der Waals surface area contributed by atoms with Gasteiger partial charge in [-0.1, -0.05) is 6.92 Å². The Morgan fingerprint density at radius 1 is 1.44 bits per heavy atom. The highest BCUT2D eigenvalue weighted by atomic mass is 32.2. The highest BCUT2D eigenvalue weighted by molar-refractivity contribution is 7.86. The summed E-state index contributed by atoms with van der Waals surface area (Å²) in [6.07, 6.45) is 0.869. The average Bonchev–Trinajstić information content (AvgIpc) is 2.13. The molecule has 0 heterocycles. The summed E-state index contributed by atoms with van der Waals surface area (Å²) in [5, 5.41) is 2.32. The summed E-state index contributed by atoms with van der Waals surface area (Å²) in [7, 11) is -1.22. The van der Waals surface area contributed by atoms with Crippen LogP contribution in [-0.4, -0.2) is 32.7 Å². The lowest BCUT2D eigenvalue weighted by Gasteiger charge is -2.21. The number of rotatable bonds is 6. The molecule has 0 saturated carbocycles. The van der Waals surface area contributed by atoms with Gasteiger partial charge in [-0.2, -0.15) is 0 Å². The largest absolute Gasteiger partial charge is 0.353 e. The standard InChI is InChI=1S/C11H24N2O2S/c1-6-8(2)13-10(14)9(3)16(15)7-11(4,5)12/h8-9H,6-7,12H2,1-5H3,(H,13,14). The van der Waals surface area contributed by atoms with Gasteiger partial charge < -0.3 is 11.1 Å². The third-order valence-electron chi connectivity index (χ3n) is 2.28. The summed E-state index contributed by atoms with van der Waals surface area (Å²) in [4.78, 5) is 11.7. The van der Waals surface area contributed by atoms with E-state index >= 15 is 0 Å². The van der Waals surface area contributed by atoms with E-state index in [9.17, 15) is 9.00 Å². The number of hydrogen-bond acceptors (Lipinski definition) is 3. The summed E-state index contributed by atoms with van der Waals surface area (Å²) < 4.78 is 11.8. The van der Waals surface area contributed by atoms with Crippen LogP contribution in [0.4, 0.5) is 0 Å². The van der Waals surface area contributed by atoms with Crippen LogP contribution in [0.2, 0.25) is 0 Å². The van der Waals surface area contributed by atoms with Crippen molar-refractivity contribution in [2.24, 2.45) is 5.73 Å². The molecule has 16 heavy (non-hydrogen) atoms. The van der Waals surface area contributed by atoms with E-state index in [1.165, 1.54) is 0 Å². The van der Waals surface area contributed by atoms with E-state index in [0.29, 0.717) is 5.75 Å². The molecule has 3 unspecified atom stereocenters. The molecule has 3 N–H and O–H groups in total. The van der Waals surface area contributed by atoms with Crippen LogP contribution in [0.5, 0.6) is 0 Å². The lowest BCUT2D eigenvalue weighted by Crippen LogP contribution is -2.45. The SMILES string of the molecule is CCC(C)NC(=O)C(C)S(=O)CC(C)(C)N. The van der Waals surface area contributed by atoms with Crippen LogP contribution in [0.1, 0.15) is 41.0 Å². The van der Waals surface area contributed by atoms with Gasteiger partial charge >= 0.3 is 0 Å². The molecule has 0 rings (SSSR count). The fraction of sp³-hybridized carbons (Fsp3) is 0.909. The number of nitrogens with two attached hydrogens (primary N) is 1. The summed E-state index contributed by atoms with van der Waals surface area (Å²) in [5.74, 6) is 0.180. The van der Waals surface area contributed by atoms with Crippen LogP contribution in [-0.2, 0) is 15.6 Å². The van der Waals surface area contributed by atoms with Crippen LogP contribution in [0, 0.1) is 0 Å². The second kappa shape index (κ2) is 6.35. The molecule has 4 nitrogen and oxygen atoms in total. The molecule has 0 saturated heterocycles. The summed E-state index contributed by atoms with van der Waals surface area (Å²) in [6.45, 7) is 9.23. The van der Waals surface area contributed by atoms with Crippen molar-refractivity contribution in [1.82, 2.24) is 5.32 Å². The van der Waals surface area contributed by atoms with Gasteiger partial charge in [0.15, 0.2) is 0 Å². The molecular formula is C11H24N2O2S. The van der Waals surface area contributed by atoms with Crippen molar-refractivity contribution >= 4 is 16.7 Å². The maximum absolute atomic E-state index is 11.8. The fourth-order valence-corrected chi connectivity index (χ4v) is 2.36. The third-order valence-corrected chi connectivity index (χ3v) is 4.31. The molecule has 0 aromatic heterocycles. The summed E-state index contributed by atoms with van der Waals surface area (Å²) >= 11 is 0. The van der Waals surface area contributed by atoms with Crippen molar-refractivity contribution in [2.75, 3.05) is 5.75 Å². The Labute approximate surface area is 101 Å². The second-order valence-electron chi connectivity index (χ2n) is 4.97. The molecule has 0 fully saturated rings. The lowest BCUT2D eigenvalue weighted by molar-refractivity contribution is -0.120. The van der Waals surface area contributed by atoms with E-state index in [1.807, 2.05) is 27.7 Å². The Hall–Kier alpha value is -0.420. The molecule has 3 atom stereocenters. The van der Waals surface area contributed by atoms with Gasteiger partial charge in [0, 0.05) is 28.1 Å². The minimum atomic E-state index is -1.22. The highest BCUT2D eigenvalue weighted by Crippen LogP contribution is 2.06. The zero-order valence-electron chi connectivity index (χ0n) is 10.9. The Bertz CT molecular complexity index is 261. The zero-order valence-corrected chi connectivity index (χ0v) is 11.7. The van der Waals surface area contributed by atoms with Crippen LogP contribution in [0.15, 0.2) is 0 Å². The monoisotopic (exact) mass is 248 g/mol. The van der Waals surface area contributed by atoms with E-state index in [0.717, 1.165) is 6.42 Å². The van der Waals surface area contributed by atoms with Crippen molar-refractivity contribution in [3.05, 3.63) is 0 Å². The van der Waals surface area contributed by atoms with Crippen LogP contribution in [0.25, 0.3) is 0 Å². The van der Waals surface area contributed by atoms with Gasteiger partial charge in [-0.15, -0.1) is 0 Å². The highest BCUT2D eigenvalue weighted by Gasteiger charge is 2.25. The van der Waals surface area contributed by atoms with E-state index in [-0.39, 0.29) is 11.9 Å². The van der Waals surface area contributed by atoms with Gasteiger partial charge in [0.25, 0.3) is 0 Å². The normalized spacial score (nSPS) is 17.6. The lowest BCUT2D eigenvalue weighted by atomic mass is 10.1. The Morgan fingerprint density at radius 3 is 2.31 bits per heavy atom. The predicted octanol–water partition coefficient (Wildman–Crippen LogP) is 0.776. The number of amides is 1. The van der Waals surface area contributed by atoms with Gasteiger partial charge in [0.1, 0.15) is 5.25 Å². The molecule has 96 valence electrons. The van der Waals surface area contributed by atoms with Crippen LogP contribution >= 0.6 is 0 Å². The molecule has 0 bridgehead atoms. The van der Waals surface area contributed by atoms with Gasteiger partial charge in [0.05, 0.1) is 0 Å². The molecule has 1 amide bonds. The summed E-state index contributed by atoms with van der Waals surface area (Å²) in [5.41, 5.74) is 5.27. The molecule has 0 aromatic carbocycles. The molecule has 0 radical (unpaired) electrons. The molecule has 0 aliphatic heterocycles. The smallest absolute Gasteiger partial charge is 0.235 e. The maximum atomic E-state index is 11.8. The maximum Gasteiger partial charge on any atom is 0.235 e. The minimum absolute atomic E-state index is 0.123. The fourth-order valence-electron chi connectivity index (χ4n) is 1.07. The quantitative estimate of drug-likeness (QED) is 0.729. The molecule has 0 spiro atoms. The number of carbonyl (C=O) groups excluding carboxylic acids is 1.